The van der Waals surface area contributed by atoms with Gasteiger partial charge in [-0.25, -0.2) is 4.39 Å². The maximum Gasteiger partial charge on any atom is 0.153 e. The molecule has 0 saturated heterocycles. The topological polar surface area (TPSA) is 26.3 Å². The Morgan fingerprint density at radius 2 is 1.95 bits per heavy atom. The molecule has 5 heteroatoms. The lowest BCUT2D eigenvalue weighted by atomic mass is 10.2. The normalized spacial score (nSPS) is 10.3. The van der Waals surface area contributed by atoms with Gasteiger partial charge in [-0.05, 0) is 35.9 Å². The van der Waals surface area contributed by atoms with Crippen LogP contribution < -0.4 is 4.74 Å². The Morgan fingerprint density at radius 1 is 1.16 bits per heavy atom. The number of hydrogen-bond donors (Lipinski definition) is 0. The minimum atomic E-state index is -0.505. The van der Waals surface area contributed by atoms with Gasteiger partial charge >= 0.3 is 0 Å². The SMILES string of the molecule is O=Cc1cc(Cl)ccc1OCc1ccc(Cl)c(F)c1. The molecule has 0 N–H and O–H groups in total. The predicted molar refractivity (Wildman–Crippen MR) is 72.6 cm³/mol. The third-order valence-corrected chi connectivity index (χ3v) is 3.02. The zero-order valence-corrected chi connectivity index (χ0v) is 11.2. The van der Waals surface area contributed by atoms with Crippen molar-refractivity contribution in [2.24, 2.45) is 0 Å². The van der Waals surface area contributed by atoms with Crippen LogP contribution in [-0.4, -0.2) is 6.29 Å². The lowest BCUT2D eigenvalue weighted by molar-refractivity contribution is 0.111. The summed E-state index contributed by atoms with van der Waals surface area (Å²) in [5.41, 5.74) is 0.968. The Balaban J connectivity index is 2.14. The number of hydrogen-bond acceptors (Lipinski definition) is 2. The molecule has 0 aliphatic heterocycles. The molecule has 2 rings (SSSR count). The molecule has 2 nitrogen and oxygen atoms in total. The zero-order chi connectivity index (χ0) is 13.8. The first-order valence-corrected chi connectivity index (χ1v) is 6.17. The Kier molecular flexibility index (Phi) is 4.40. The lowest BCUT2D eigenvalue weighted by Crippen LogP contribution is -1.99. The Bertz CT molecular complexity index is 614. The van der Waals surface area contributed by atoms with E-state index in [4.69, 9.17) is 27.9 Å². The van der Waals surface area contributed by atoms with Gasteiger partial charge in [0, 0.05) is 5.02 Å². The number of rotatable bonds is 4. The van der Waals surface area contributed by atoms with E-state index in [2.05, 4.69) is 0 Å². The van der Waals surface area contributed by atoms with Crippen molar-refractivity contribution < 1.29 is 13.9 Å². The van der Waals surface area contributed by atoms with E-state index < -0.39 is 5.82 Å². The molecule has 19 heavy (non-hydrogen) atoms. The van der Waals surface area contributed by atoms with E-state index in [0.717, 1.165) is 0 Å². The molecule has 0 bridgehead atoms. The van der Waals surface area contributed by atoms with Crippen molar-refractivity contribution >= 4 is 29.5 Å². The Morgan fingerprint density at radius 3 is 2.63 bits per heavy atom. The van der Waals surface area contributed by atoms with Gasteiger partial charge in [-0.1, -0.05) is 29.3 Å². The highest BCUT2D eigenvalue weighted by Gasteiger charge is 2.06. The highest BCUT2D eigenvalue weighted by atomic mass is 35.5. The van der Waals surface area contributed by atoms with Crippen LogP contribution in [0.2, 0.25) is 10.0 Å². The fourth-order valence-corrected chi connectivity index (χ4v) is 1.83. The van der Waals surface area contributed by atoms with Crippen molar-refractivity contribution in [2.75, 3.05) is 0 Å². The summed E-state index contributed by atoms with van der Waals surface area (Å²) < 4.78 is 18.7. The number of ether oxygens (including phenoxy) is 1. The maximum absolute atomic E-state index is 13.2. The van der Waals surface area contributed by atoms with Crippen LogP contribution in [0.5, 0.6) is 5.75 Å². The van der Waals surface area contributed by atoms with Crippen LogP contribution in [0.3, 0.4) is 0 Å². The second-order valence-electron chi connectivity index (χ2n) is 3.84. The van der Waals surface area contributed by atoms with Crippen molar-refractivity contribution in [3.63, 3.8) is 0 Å². The van der Waals surface area contributed by atoms with Crippen LogP contribution in [0.1, 0.15) is 15.9 Å². The highest BCUT2D eigenvalue weighted by Crippen LogP contribution is 2.23. The van der Waals surface area contributed by atoms with Gasteiger partial charge < -0.3 is 4.74 Å². The van der Waals surface area contributed by atoms with Gasteiger partial charge in [0.05, 0.1) is 10.6 Å². The molecular weight excluding hydrogens is 290 g/mol. The van der Waals surface area contributed by atoms with Crippen LogP contribution in [0, 0.1) is 5.82 Å². The Hall–Kier alpha value is -1.58. The first-order chi connectivity index (χ1) is 9.10. The summed E-state index contributed by atoms with van der Waals surface area (Å²) in [6, 6.07) is 9.12. The third kappa shape index (κ3) is 3.46. The monoisotopic (exact) mass is 298 g/mol. The van der Waals surface area contributed by atoms with E-state index in [0.29, 0.717) is 28.2 Å². The summed E-state index contributed by atoms with van der Waals surface area (Å²) in [5.74, 6) is -0.107. The van der Waals surface area contributed by atoms with Crippen LogP contribution in [-0.2, 0) is 6.61 Å². The van der Waals surface area contributed by atoms with Crippen molar-refractivity contribution in [2.45, 2.75) is 6.61 Å². The average molecular weight is 299 g/mol. The first kappa shape index (κ1) is 13.8. The van der Waals surface area contributed by atoms with Crippen molar-refractivity contribution in [3.05, 3.63) is 63.4 Å². The summed E-state index contributed by atoms with van der Waals surface area (Å²) in [5, 5.41) is 0.510. The molecule has 2 aromatic carbocycles. The lowest BCUT2D eigenvalue weighted by Gasteiger charge is -2.09. The standard InChI is InChI=1S/C14H9Cl2FO2/c15-11-2-4-14(10(6-11)7-18)19-8-9-1-3-12(16)13(17)5-9/h1-7H,8H2. The number of carbonyl (C=O) groups is 1. The number of aldehydes is 1. The molecular formula is C14H9Cl2FO2. The van der Waals surface area contributed by atoms with Gasteiger partial charge in [-0.15, -0.1) is 0 Å². The smallest absolute Gasteiger partial charge is 0.153 e. The van der Waals surface area contributed by atoms with E-state index >= 15 is 0 Å². The van der Waals surface area contributed by atoms with Gasteiger partial charge in [0.15, 0.2) is 6.29 Å². The van der Waals surface area contributed by atoms with Gasteiger partial charge in [0.2, 0.25) is 0 Å². The molecule has 0 aliphatic rings. The van der Waals surface area contributed by atoms with E-state index in [1.54, 1.807) is 18.2 Å². The second kappa shape index (κ2) is 6.04. The van der Waals surface area contributed by atoms with Gasteiger partial charge in [0.1, 0.15) is 18.2 Å². The van der Waals surface area contributed by atoms with Crippen LogP contribution >= 0.6 is 23.2 Å². The maximum atomic E-state index is 13.2. The number of benzene rings is 2. The van der Waals surface area contributed by atoms with Crippen molar-refractivity contribution in [1.29, 1.82) is 0 Å². The molecule has 0 unspecified atom stereocenters. The van der Waals surface area contributed by atoms with Crippen molar-refractivity contribution in [1.82, 2.24) is 0 Å². The summed E-state index contributed by atoms with van der Waals surface area (Å²) in [6.45, 7) is 0.135. The fraction of sp³-hybridized carbons (Fsp3) is 0.0714. The quantitative estimate of drug-likeness (QED) is 0.776. The van der Waals surface area contributed by atoms with Crippen LogP contribution in [0.15, 0.2) is 36.4 Å². The molecule has 0 aliphatic carbocycles. The first-order valence-electron chi connectivity index (χ1n) is 5.41. The Labute approximate surface area is 119 Å². The fourth-order valence-electron chi connectivity index (χ4n) is 1.53. The number of halogens is 3. The predicted octanol–water partition coefficient (Wildman–Crippen LogP) is 4.52. The minimum Gasteiger partial charge on any atom is -0.488 e. The summed E-state index contributed by atoms with van der Waals surface area (Å²) in [6.07, 6.45) is 0.656. The van der Waals surface area contributed by atoms with E-state index in [9.17, 15) is 9.18 Å². The number of carbonyl (C=O) groups excluding carboxylic acids is 1. The molecule has 0 amide bonds. The van der Waals surface area contributed by atoms with Gasteiger partial charge in [-0.2, -0.15) is 0 Å². The van der Waals surface area contributed by atoms with E-state index in [1.807, 2.05) is 0 Å². The minimum absolute atomic E-state index is 0.0591. The highest BCUT2D eigenvalue weighted by molar-refractivity contribution is 6.31. The molecule has 0 atom stereocenters. The summed E-state index contributed by atoms with van der Waals surface area (Å²) >= 11 is 11.4. The third-order valence-electron chi connectivity index (χ3n) is 2.48. The van der Waals surface area contributed by atoms with Gasteiger partial charge in [0.25, 0.3) is 0 Å². The molecule has 0 spiro atoms. The van der Waals surface area contributed by atoms with Gasteiger partial charge in [-0.3, -0.25) is 4.79 Å². The summed E-state index contributed by atoms with van der Waals surface area (Å²) in [4.78, 5) is 10.9. The summed E-state index contributed by atoms with van der Waals surface area (Å²) in [7, 11) is 0. The molecule has 0 saturated carbocycles. The van der Waals surface area contributed by atoms with Crippen LogP contribution in [0.25, 0.3) is 0 Å². The molecule has 2 aromatic rings. The molecule has 0 fully saturated rings. The molecule has 0 heterocycles. The van der Waals surface area contributed by atoms with Crippen molar-refractivity contribution in [3.8, 4) is 5.75 Å². The van der Waals surface area contributed by atoms with Crippen LogP contribution in [0.4, 0.5) is 4.39 Å². The molecule has 0 aromatic heterocycles. The second-order valence-corrected chi connectivity index (χ2v) is 4.68. The van der Waals surface area contributed by atoms with E-state index in [-0.39, 0.29) is 11.6 Å². The molecule has 0 radical (unpaired) electrons. The zero-order valence-electron chi connectivity index (χ0n) is 9.70. The molecule has 98 valence electrons. The largest absolute Gasteiger partial charge is 0.488 e. The van der Waals surface area contributed by atoms with E-state index in [1.165, 1.54) is 18.2 Å². The average Bonchev–Trinajstić information content (AvgIpc) is 2.41.